The summed E-state index contributed by atoms with van der Waals surface area (Å²) in [6, 6.07) is 3.47. The number of rotatable bonds is 7. The van der Waals surface area contributed by atoms with Crippen LogP contribution in [0.2, 0.25) is 0 Å². The van der Waals surface area contributed by atoms with E-state index in [1.54, 1.807) is 13.2 Å². The highest BCUT2D eigenvalue weighted by atomic mass is 19.1. The summed E-state index contributed by atoms with van der Waals surface area (Å²) in [5.41, 5.74) is 1.90. The van der Waals surface area contributed by atoms with Crippen LogP contribution in [-0.2, 0) is 27.2 Å². The molecule has 1 aromatic rings. The lowest BCUT2D eigenvalue weighted by molar-refractivity contribution is -0.117. The third kappa shape index (κ3) is 4.49. The van der Waals surface area contributed by atoms with Crippen molar-refractivity contribution in [1.29, 1.82) is 0 Å². The van der Waals surface area contributed by atoms with Crippen LogP contribution >= 0.6 is 0 Å². The number of halogens is 1. The van der Waals surface area contributed by atoms with Gasteiger partial charge in [0, 0.05) is 13.7 Å². The van der Waals surface area contributed by atoms with Crippen LogP contribution in [0.25, 0.3) is 0 Å². The van der Waals surface area contributed by atoms with Gasteiger partial charge in [0.2, 0.25) is 5.91 Å². The molecule has 0 spiro atoms. The summed E-state index contributed by atoms with van der Waals surface area (Å²) in [6.45, 7) is 2.67. The maximum atomic E-state index is 14.3. The first-order chi connectivity index (χ1) is 10.2. The maximum absolute atomic E-state index is 14.3. The molecule has 0 saturated carbocycles. The predicted octanol–water partition coefficient (Wildman–Crippen LogP) is 1.46. The van der Waals surface area contributed by atoms with Crippen LogP contribution in [0.4, 0.5) is 10.1 Å². The number of amides is 1. The minimum Gasteiger partial charge on any atom is -0.382 e. The third-order valence-corrected chi connectivity index (χ3v) is 3.39. The van der Waals surface area contributed by atoms with E-state index >= 15 is 0 Å². The van der Waals surface area contributed by atoms with E-state index in [0.717, 1.165) is 12.1 Å². The van der Waals surface area contributed by atoms with Gasteiger partial charge in [-0.05, 0) is 30.2 Å². The zero-order valence-electron chi connectivity index (χ0n) is 12.2. The highest BCUT2D eigenvalue weighted by Crippen LogP contribution is 2.24. The van der Waals surface area contributed by atoms with E-state index in [9.17, 15) is 9.18 Å². The van der Waals surface area contributed by atoms with E-state index < -0.39 is 0 Å². The molecule has 0 unspecified atom stereocenters. The molecule has 5 nitrogen and oxygen atoms in total. The second-order valence-corrected chi connectivity index (χ2v) is 4.89. The van der Waals surface area contributed by atoms with Crippen molar-refractivity contribution in [3.8, 4) is 0 Å². The first-order valence-electron chi connectivity index (χ1n) is 7.10. The zero-order chi connectivity index (χ0) is 15.1. The zero-order valence-corrected chi connectivity index (χ0v) is 12.2. The molecule has 1 aliphatic rings. The molecule has 0 saturated heterocycles. The first-order valence-corrected chi connectivity index (χ1v) is 7.10. The van der Waals surface area contributed by atoms with Crippen molar-refractivity contribution in [2.45, 2.75) is 19.4 Å². The summed E-state index contributed by atoms with van der Waals surface area (Å²) in [5, 5.41) is 5.80. The molecule has 0 aliphatic carbocycles. The molecule has 1 amide bonds. The van der Waals surface area contributed by atoms with E-state index in [1.165, 1.54) is 0 Å². The second-order valence-electron chi connectivity index (χ2n) is 4.89. The van der Waals surface area contributed by atoms with Gasteiger partial charge < -0.3 is 20.1 Å². The number of hydrogen-bond donors (Lipinski definition) is 2. The molecule has 0 fully saturated rings. The Bertz CT molecular complexity index is 494. The average Bonchev–Trinajstić information content (AvgIpc) is 2.50. The fourth-order valence-corrected chi connectivity index (χ4v) is 2.25. The van der Waals surface area contributed by atoms with Crippen LogP contribution < -0.4 is 10.6 Å². The Morgan fingerprint density at radius 1 is 1.38 bits per heavy atom. The van der Waals surface area contributed by atoms with Gasteiger partial charge in [-0.15, -0.1) is 0 Å². The van der Waals surface area contributed by atoms with E-state index in [4.69, 9.17) is 9.47 Å². The third-order valence-electron chi connectivity index (χ3n) is 3.39. The summed E-state index contributed by atoms with van der Waals surface area (Å²) < 4.78 is 24.4. The normalized spacial score (nSPS) is 13.8. The van der Waals surface area contributed by atoms with E-state index in [-0.39, 0.29) is 23.8 Å². The van der Waals surface area contributed by atoms with Crippen molar-refractivity contribution in [3.63, 3.8) is 0 Å². The monoisotopic (exact) mass is 296 g/mol. The SMILES string of the molecule is COCCOCCC(=O)Nc1ccc2c(c1F)CCNC2. The van der Waals surface area contributed by atoms with Gasteiger partial charge >= 0.3 is 0 Å². The quantitative estimate of drug-likeness (QED) is 0.748. The van der Waals surface area contributed by atoms with Gasteiger partial charge in [-0.25, -0.2) is 4.39 Å². The lowest BCUT2D eigenvalue weighted by Gasteiger charge is -2.19. The molecule has 0 aromatic heterocycles. The number of nitrogens with one attached hydrogen (secondary N) is 2. The Morgan fingerprint density at radius 3 is 3.05 bits per heavy atom. The Kier molecular flexibility index (Phi) is 6.10. The summed E-state index contributed by atoms with van der Waals surface area (Å²) >= 11 is 0. The molecule has 116 valence electrons. The molecule has 1 heterocycles. The Hall–Kier alpha value is -1.50. The predicted molar refractivity (Wildman–Crippen MR) is 77.8 cm³/mol. The number of fused-ring (bicyclic) bond motifs is 1. The number of carbonyl (C=O) groups is 1. The average molecular weight is 296 g/mol. The van der Waals surface area contributed by atoms with Crippen molar-refractivity contribution in [2.75, 3.05) is 38.8 Å². The van der Waals surface area contributed by atoms with Gasteiger partial charge in [0.1, 0.15) is 5.82 Å². The molecule has 0 atom stereocenters. The van der Waals surface area contributed by atoms with Gasteiger partial charge in [-0.1, -0.05) is 6.07 Å². The first kappa shape index (κ1) is 15.9. The number of ether oxygens (including phenoxy) is 2. The van der Waals surface area contributed by atoms with Crippen LogP contribution in [0.15, 0.2) is 12.1 Å². The van der Waals surface area contributed by atoms with E-state index in [1.807, 2.05) is 6.07 Å². The van der Waals surface area contributed by atoms with Crippen molar-refractivity contribution in [1.82, 2.24) is 5.32 Å². The molecule has 1 aliphatic heterocycles. The van der Waals surface area contributed by atoms with Crippen LogP contribution in [0.5, 0.6) is 0 Å². The summed E-state index contributed by atoms with van der Waals surface area (Å²) in [7, 11) is 1.59. The number of benzene rings is 1. The van der Waals surface area contributed by atoms with Crippen LogP contribution in [0, 0.1) is 5.82 Å². The number of methoxy groups -OCH3 is 1. The highest BCUT2D eigenvalue weighted by molar-refractivity contribution is 5.91. The lowest BCUT2D eigenvalue weighted by atomic mass is 9.99. The van der Waals surface area contributed by atoms with Crippen LogP contribution in [0.3, 0.4) is 0 Å². The van der Waals surface area contributed by atoms with Crippen molar-refractivity contribution >= 4 is 11.6 Å². The Morgan fingerprint density at radius 2 is 2.24 bits per heavy atom. The van der Waals surface area contributed by atoms with Gasteiger partial charge in [0.05, 0.1) is 31.9 Å². The molecular formula is C15H21FN2O3. The molecule has 6 heteroatoms. The van der Waals surface area contributed by atoms with Crippen molar-refractivity contribution in [3.05, 3.63) is 29.1 Å². The molecule has 0 bridgehead atoms. The smallest absolute Gasteiger partial charge is 0.226 e. The van der Waals surface area contributed by atoms with Crippen LogP contribution in [0.1, 0.15) is 17.5 Å². The fraction of sp³-hybridized carbons (Fsp3) is 0.533. The largest absolute Gasteiger partial charge is 0.382 e. The van der Waals surface area contributed by atoms with Gasteiger partial charge in [-0.2, -0.15) is 0 Å². The lowest BCUT2D eigenvalue weighted by Crippen LogP contribution is -2.25. The van der Waals surface area contributed by atoms with Gasteiger partial charge in [0.25, 0.3) is 0 Å². The fourth-order valence-electron chi connectivity index (χ4n) is 2.25. The molecule has 0 radical (unpaired) electrons. The molecule has 21 heavy (non-hydrogen) atoms. The molecule has 2 rings (SSSR count). The number of carbonyl (C=O) groups excluding carboxylic acids is 1. The van der Waals surface area contributed by atoms with Gasteiger partial charge in [0.15, 0.2) is 0 Å². The van der Waals surface area contributed by atoms with Crippen LogP contribution in [-0.4, -0.2) is 39.4 Å². The second kappa shape index (κ2) is 8.07. The van der Waals surface area contributed by atoms with Gasteiger partial charge in [-0.3, -0.25) is 4.79 Å². The molecule has 2 N–H and O–H groups in total. The minimum atomic E-state index is -0.317. The number of anilines is 1. The highest BCUT2D eigenvalue weighted by Gasteiger charge is 2.17. The standard InChI is InChI=1S/C15H21FN2O3/c1-20-8-9-21-7-5-14(19)18-13-3-2-11-10-17-6-4-12(11)15(13)16/h2-3,17H,4-10H2,1H3,(H,18,19). The summed E-state index contributed by atoms with van der Waals surface area (Å²) in [5.74, 6) is -0.567. The van der Waals surface area contributed by atoms with E-state index in [2.05, 4.69) is 10.6 Å². The molecular weight excluding hydrogens is 275 g/mol. The van der Waals surface area contributed by atoms with Crippen molar-refractivity contribution < 1.29 is 18.7 Å². The maximum Gasteiger partial charge on any atom is 0.226 e. The topological polar surface area (TPSA) is 59.6 Å². The minimum absolute atomic E-state index is 0.196. The summed E-state index contributed by atoms with van der Waals surface area (Å²) in [6.07, 6.45) is 0.840. The number of hydrogen-bond acceptors (Lipinski definition) is 4. The Labute approximate surface area is 123 Å². The Balaban J connectivity index is 1.86. The molecule has 1 aromatic carbocycles. The van der Waals surface area contributed by atoms with E-state index in [0.29, 0.717) is 38.3 Å². The van der Waals surface area contributed by atoms with Crippen molar-refractivity contribution in [2.24, 2.45) is 0 Å². The summed E-state index contributed by atoms with van der Waals surface area (Å²) in [4.78, 5) is 11.8.